The van der Waals surface area contributed by atoms with E-state index >= 15 is 0 Å². The lowest BCUT2D eigenvalue weighted by Crippen LogP contribution is -2.07. The molecule has 1 heterocycles. The summed E-state index contributed by atoms with van der Waals surface area (Å²) in [6.45, 7) is 0. The van der Waals surface area contributed by atoms with Crippen LogP contribution < -0.4 is 0 Å². The Balaban J connectivity index is 1.99. The lowest BCUT2D eigenvalue weighted by Gasteiger charge is -2.06. The molecule has 0 amide bonds. The van der Waals surface area contributed by atoms with E-state index in [1.807, 2.05) is 0 Å². The summed E-state index contributed by atoms with van der Waals surface area (Å²) < 4.78 is 24.9. The number of nitrogens with one attached hydrogen (secondary N) is 1. The van der Waals surface area contributed by atoms with E-state index < -0.39 is 15.8 Å². The van der Waals surface area contributed by atoms with Gasteiger partial charge in [0.25, 0.3) is 0 Å². The Kier molecular flexibility index (Phi) is 3.37. The number of nitrogens with zero attached hydrogens (tertiary/aromatic N) is 1. The van der Waals surface area contributed by atoms with Gasteiger partial charge in [-0.1, -0.05) is 6.07 Å². The fourth-order valence-electron chi connectivity index (χ4n) is 2.03. The minimum atomic E-state index is -3.27. The van der Waals surface area contributed by atoms with Crippen molar-refractivity contribution in [1.29, 1.82) is 0 Å². The van der Waals surface area contributed by atoms with Gasteiger partial charge in [-0.05, 0) is 47.0 Å². The summed E-state index contributed by atoms with van der Waals surface area (Å²) in [5, 5.41) is 14.9. The molecule has 0 bridgehead atoms. The van der Waals surface area contributed by atoms with E-state index in [1.54, 1.807) is 12.1 Å². The molecule has 0 aliphatic heterocycles. The number of hydrogen-bond acceptors (Lipinski definition) is 4. The molecule has 21 heavy (non-hydrogen) atoms. The van der Waals surface area contributed by atoms with Gasteiger partial charge in [-0.25, -0.2) is 13.2 Å². The number of aromatic carboxylic acids is 1. The molecule has 0 radical (unpaired) electrons. The van der Waals surface area contributed by atoms with Gasteiger partial charge < -0.3 is 5.11 Å². The maximum absolute atomic E-state index is 12.2. The highest BCUT2D eigenvalue weighted by Crippen LogP contribution is 2.37. The van der Waals surface area contributed by atoms with E-state index in [9.17, 15) is 13.2 Å². The third-order valence-electron chi connectivity index (χ3n) is 3.31. The molecule has 0 unspecified atom stereocenters. The smallest absolute Gasteiger partial charge is 0.353 e. The second-order valence-electron chi connectivity index (χ2n) is 4.86. The first-order valence-electron chi connectivity index (χ1n) is 6.22. The Morgan fingerprint density at radius 1 is 1.33 bits per heavy atom. The van der Waals surface area contributed by atoms with Crippen LogP contribution >= 0.6 is 15.9 Å². The SMILES string of the molecule is O=C(O)c1cc(-c2ccc(S(=O)(=O)C3CC3)c(Br)c2)n[nH]1. The van der Waals surface area contributed by atoms with Crippen LogP contribution in [0.25, 0.3) is 11.3 Å². The number of aromatic amines is 1. The van der Waals surface area contributed by atoms with Gasteiger partial charge in [-0.3, -0.25) is 5.10 Å². The molecular formula is C13H11BrN2O4S. The van der Waals surface area contributed by atoms with Gasteiger partial charge in [0.05, 0.1) is 15.8 Å². The fraction of sp³-hybridized carbons (Fsp3) is 0.231. The summed E-state index contributed by atoms with van der Waals surface area (Å²) in [5.74, 6) is -1.10. The number of rotatable bonds is 4. The molecule has 6 nitrogen and oxygen atoms in total. The van der Waals surface area contributed by atoms with Crippen LogP contribution in [0, 0.1) is 0 Å². The number of aromatic nitrogens is 2. The number of halogens is 1. The third-order valence-corrected chi connectivity index (χ3v) is 6.54. The normalized spacial score (nSPS) is 15.1. The molecule has 2 N–H and O–H groups in total. The number of carboxylic acid groups (broad SMARTS) is 1. The van der Waals surface area contributed by atoms with Crippen LogP contribution in [0.15, 0.2) is 33.6 Å². The third kappa shape index (κ3) is 2.60. The quantitative estimate of drug-likeness (QED) is 0.860. The zero-order chi connectivity index (χ0) is 15.2. The van der Waals surface area contributed by atoms with E-state index in [2.05, 4.69) is 26.1 Å². The summed E-state index contributed by atoms with van der Waals surface area (Å²) in [6, 6.07) is 6.19. The lowest BCUT2D eigenvalue weighted by molar-refractivity contribution is 0.0690. The maximum atomic E-state index is 12.2. The van der Waals surface area contributed by atoms with Crippen LogP contribution in [-0.4, -0.2) is 34.9 Å². The molecule has 1 aromatic carbocycles. The van der Waals surface area contributed by atoms with Crippen LogP contribution in [0.4, 0.5) is 0 Å². The van der Waals surface area contributed by atoms with Gasteiger partial charge >= 0.3 is 5.97 Å². The highest BCUT2D eigenvalue weighted by atomic mass is 79.9. The minimum Gasteiger partial charge on any atom is -0.477 e. The predicted octanol–water partition coefficient (Wildman–Crippen LogP) is 2.47. The number of carboxylic acids is 1. The minimum absolute atomic E-state index is 0.0178. The Morgan fingerprint density at radius 3 is 2.57 bits per heavy atom. The van der Waals surface area contributed by atoms with Gasteiger partial charge in [-0.15, -0.1) is 0 Å². The summed E-state index contributed by atoms with van der Waals surface area (Å²) in [4.78, 5) is 11.1. The maximum Gasteiger partial charge on any atom is 0.353 e. The van der Waals surface area contributed by atoms with E-state index in [0.29, 0.717) is 28.6 Å². The summed E-state index contributed by atoms with van der Waals surface area (Å²) in [6.07, 6.45) is 1.41. The van der Waals surface area contributed by atoms with Gasteiger partial charge in [0.1, 0.15) is 5.69 Å². The zero-order valence-corrected chi connectivity index (χ0v) is 13.1. The molecule has 1 aromatic heterocycles. The second-order valence-corrected chi connectivity index (χ2v) is 7.91. The summed E-state index contributed by atoms with van der Waals surface area (Å²) in [7, 11) is -3.27. The highest BCUT2D eigenvalue weighted by Gasteiger charge is 2.37. The Labute approximate surface area is 129 Å². The number of H-pyrrole nitrogens is 1. The van der Waals surface area contributed by atoms with Crippen LogP contribution in [0.5, 0.6) is 0 Å². The van der Waals surface area contributed by atoms with Gasteiger partial charge in [0.2, 0.25) is 0 Å². The van der Waals surface area contributed by atoms with Crippen molar-refractivity contribution in [3.8, 4) is 11.3 Å². The molecule has 2 aromatic rings. The van der Waals surface area contributed by atoms with E-state index in [-0.39, 0.29) is 15.8 Å². The van der Waals surface area contributed by atoms with E-state index in [4.69, 9.17) is 5.11 Å². The average molecular weight is 371 g/mol. The van der Waals surface area contributed by atoms with Gasteiger partial charge in [0, 0.05) is 10.0 Å². The predicted molar refractivity (Wildman–Crippen MR) is 78.9 cm³/mol. The first-order chi connectivity index (χ1) is 9.89. The van der Waals surface area contributed by atoms with Crippen LogP contribution in [0.2, 0.25) is 0 Å². The van der Waals surface area contributed by atoms with Crippen LogP contribution in [0.3, 0.4) is 0 Å². The molecule has 0 saturated heterocycles. The summed E-state index contributed by atoms with van der Waals surface area (Å²) in [5.41, 5.74) is 1.07. The summed E-state index contributed by atoms with van der Waals surface area (Å²) >= 11 is 3.28. The molecule has 0 spiro atoms. The molecular weight excluding hydrogens is 360 g/mol. The van der Waals surface area contributed by atoms with Gasteiger partial charge in [0.15, 0.2) is 9.84 Å². The van der Waals surface area contributed by atoms with Crippen molar-refractivity contribution in [1.82, 2.24) is 10.2 Å². The second kappa shape index (κ2) is 4.96. The van der Waals surface area contributed by atoms with Crippen LogP contribution in [-0.2, 0) is 9.84 Å². The number of benzene rings is 1. The Bertz CT molecular complexity index is 824. The van der Waals surface area contributed by atoms with Crippen molar-refractivity contribution in [2.24, 2.45) is 0 Å². The van der Waals surface area contributed by atoms with Crippen molar-refractivity contribution in [2.45, 2.75) is 23.0 Å². The molecule has 1 aliphatic rings. The molecule has 8 heteroatoms. The largest absolute Gasteiger partial charge is 0.477 e. The zero-order valence-electron chi connectivity index (χ0n) is 10.7. The fourth-order valence-corrected chi connectivity index (χ4v) is 4.79. The van der Waals surface area contributed by atoms with Crippen molar-refractivity contribution in [3.63, 3.8) is 0 Å². The van der Waals surface area contributed by atoms with Crippen molar-refractivity contribution < 1.29 is 18.3 Å². The van der Waals surface area contributed by atoms with Crippen molar-refractivity contribution >= 4 is 31.7 Å². The standard InChI is InChI=1S/C13H11BrN2O4S/c14-9-5-7(10-6-11(13(17)18)16-15-10)1-4-12(9)21(19,20)8-2-3-8/h1,4-6,8H,2-3H2,(H,15,16)(H,17,18). The monoisotopic (exact) mass is 370 g/mol. The Hall–Kier alpha value is -1.67. The molecule has 1 saturated carbocycles. The number of hydrogen-bond donors (Lipinski definition) is 2. The average Bonchev–Trinajstić information content (AvgIpc) is 3.16. The molecule has 0 atom stereocenters. The first-order valence-corrected chi connectivity index (χ1v) is 8.56. The van der Waals surface area contributed by atoms with E-state index in [1.165, 1.54) is 12.1 Å². The van der Waals surface area contributed by atoms with Crippen LogP contribution in [0.1, 0.15) is 23.3 Å². The van der Waals surface area contributed by atoms with E-state index in [0.717, 1.165) is 0 Å². The highest BCUT2D eigenvalue weighted by molar-refractivity contribution is 9.10. The number of sulfone groups is 1. The molecule has 1 fully saturated rings. The Morgan fingerprint density at radius 2 is 2.05 bits per heavy atom. The first kappa shape index (κ1) is 14.3. The topological polar surface area (TPSA) is 100 Å². The van der Waals surface area contributed by atoms with Crippen molar-refractivity contribution in [2.75, 3.05) is 0 Å². The van der Waals surface area contributed by atoms with Gasteiger partial charge in [-0.2, -0.15) is 5.10 Å². The molecule has 3 rings (SSSR count). The number of carbonyl (C=O) groups is 1. The molecule has 110 valence electrons. The molecule has 1 aliphatic carbocycles. The van der Waals surface area contributed by atoms with Crippen molar-refractivity contribution in [3.05, 3.63) is 34.4 Å². The lowest BCUT2D eigenvalue weighted by atomic mass is 10.1.